The van der Waals surface area contributed by atoms with E-state index in [2.05, 4.69) is 26.8 Å². The second-order valence-corrected chi connectivity index (χ2v) is 5.08. The van der Waals surface area contributed by atoms with Crippen molar-refractivity contribution in [2.45, 2.75) is 44.3 Å². The monoisotopic (exact) mass is 296 g/mol. The van der Waals surface area contributed by atoms with Gasteiger partial charge in [-0.15, -0.1) is 10.2 Å². The van der Waals surface area contributed by atoms with Crippen LogP contribution in [0.5, 0.6) is 0 Å². The highest BCUT2D eigenvalue weighted by Gasteiger charge is 2.12. The molecule has 0 aromatic carbocycles. The lowest BCUT2D eigenvalue weighted by atomic mass is 10.4. The van der Waals surface area contributed by atoms with Crippen molar-refractivity contribution in [3.63, 3.8) is 0 Å². The Hall–Kier alpha value is -1.90. The predicted octanol–water partition coefficient (Wildman–Crippen LogP) is 2.10. The Balaban J connectivity index is 2.06. The van der Waals surface area contributed by atoms with Crippen LogP contribution in [0, 0.1) is 10.1 Å². The lowest BCUT2D eigenvalue weighted by Crippen LogP contribution is -2.05. The third-order valence-electron chi connectivity index (χ3n) is 2.71. The zero-order valence-electron chi connectivity index (χ0n) is 11.4. The number of rotatable bonds is 7. The summed E-state index contributed by atoms with van der Waals surface area (Å²) in [5.41, 5.74) is -0.00475. The van der Waals surface area contributed by atoms with Crippen LogP contribution in [0.25, 0.3) is 0 Å². The van der Waals surface area contributed by atoms with Crippen LogP contribution in [0.2, 0.25) is 0 Å². The molecule has 0 radical (unpaired) electrons. The molecule has 0 unspecified atom stereocenters. The van der Waals surface area contributed by atoms with Gasteiger partial charge in [0.1, 0.15) is 18.2 Å². The van der Waals surface area contributed by atoms with E-state index in [1.54, 1.807) is 0 Å². The molecule has 0 aliphatic heterocycles. The van der Waals surface area contributed by atoms with Gasteiger partial charge in [0.05, 0.1) is 10.8 Å². The van der Waals surface area contributed by atoms with E-state index >= 15 is 0 Å². The molecule has 0 aliphatic carbocycles. The van der Waals surface area contributed by atoms with Crippen molar-refractivity contribution in [1.29, 1.82) is 0 Å². The number of hydrogen-bond acceptors (Lipinski definition) is 6. The Morgan fingerprint density at radius 1 is 1.40 bits per heavy atom. The summed E-state index contributed by atoms with van der Waals surface area (Å²) in [6, 6.07) is 0. The highest BCUT2D eigenvalue weighted by atomic mass is 32.2. The second-order valence-electron chi connectivity index (χ2n) is 4.17. The Morgan fingerprint density at radius 3 is 2.80 bits per heavy atom. The third kappa shape index (κ3) is 3.16. The molecule has 20 heavy (non-hydrogen) atoms. The Bertz CT molecular complexity index is 594. The van der Waals surface area contributed by atoms with Crippen LogP contribution in [0.3, 0.4) is 0 Å². The summed E-state index contributed by atoms with van der Waals surface area (Å²) in [6.07, 6.45) is 4.50. The minimum atomic E-state index is -0.455. The minimum Gasteiger partial charge on any atom is -0.306 e. The fraction of sp³-hybridized carbons (Fsp3) is 0.545. The molecule has 2 aromatic heterocycles. The first-order valence-electron chi connectivity index (χ1n) is 6.37. The summed E-state index contributed by atoms with van der Waals surface area (Å²) in [6.45, 7) is 5.02. The molecule has 108 valence electrons. The quantitative estimate of drug-likeness (QED) is 0.441. The van der Waals surface area contributed by atoms with Crippen LogP contribution in [-0.4, -0.2) is 29.5 Å². The van der Waals surface area contributed by atoms with Crippen molar-refractivity contribution >= 4 is 17.4 Å². The fourth-order valence-corrected chi connectivity index (χ4v) is 2.62. The summed E-state index contributed by atoms with van der Waals surface area (Å²) in [5.74, 6) is 1.43. The van der Waals surface area contributed by atoms with E-state index in [1.165, 1.54) is 28.8 Å². The first kappa shape index (κ1) is 14.5. The van der Waals surface area contributed by atoms with E-state index in [0.29, 0.717) is 5.88 Å². The first-order valence-corrected chi connectivity index (χ1v) is 7.36. The van der Waals surface area contributed by atoms with Crippen LogP contribution in [-0.2, 0) is 18.8 Å². The Labute approximate surface area is 120 Å². The summed E-state index contributed by atoms with van der Waals surface area (Å²) >= 11 is 1.47. The number of nitrogens with zero attached hydrogens (tertiary/aromatic N) is 6. The Kier molecular flexibility index (Phi) is 4.72. The molecule has 2 rings (SSSR count). The first-order chi connectivity index (χ1) is 9.65. The fourth-order valence-electron chi connectivity index (χ4n) is 1.78. The van der Waals surface area contributed by atoms with E-state index in [9.17, 15) is 10.1 Å². The van der Waals surface area contributed by atoms with E-state index in [0.717, 1.165) is 30.4 Å². The largest absolute Gasteiger partial charge is 0.307 e. The van der Waals surface area contributed by atoms with Crippen LogP contribution in [0.4, 0.5) is 5.69 Å². The van der Waals surface area contributed by atoms with Crippen LogP contribution < -0.4 is 0 Å². The summed E-state index contributed by atoms with van der Waals surface area (Å²) in [4.78, 5) is 10.1. The van der Waals surface area contributed by atoms with Crippen molar-refractivity contribution in [3.8, 4) is 0 Å². The van der Waals surface area contributed by atoms with Gasteiger partial charge in [0, 0.05) is 13.0 Å². The van der Waals surface area contributed by atoms with Gasteiger partial charge in [-0.05, 0) is 6.42 Å². The van der Waals surface area contributed by atoms with Crippen molar-refractivity contribution in [1.82, 2.24) is 24.5 Å². The SMILES string of the molecule is CCCn1c(CC)nnc1SCn1cc([N+](=O)[O-])cn1. The van der Waals surface area contributed by atoms with Crippen LogP contribution >= 0.6 is 11.8 Å². The maximum absolute atomic E-state index is 10.6. The smallest absolute Gasteiger partial charge is 0.306 e. The van der Waals surface area contributed by atoms with Gasteiger partial charge in [0.15, 0.2) is 5.16 Å². The van der Waals surface area contributed by atoms with Crippen LogP contribution in [0.15, 0.2) is 17.6 Å². The molecule has 0 fully saturated rings. The summed E-state index contributed by atoms with van der Waals surface area (Å²) in [5, 5.41) is 23.7. The Morgan fingerprint density at radius 2 is 2.20 bits per heavy atom. The number of aromatic nitrogens is 5. The number of nitro groups is 1. The zero-order valence-corrected chi connectivity index (χ0v) is 12.2. The molecule has 0 spiro atoms. The number of hydrogen-bond donors (Lipinski definition) is 0. The van der Waals surface area contributed by atoms with Gasteiger partial charge in [-0.1, -0.05) is 25.6 Å². The lowest BCUT2D eigenvalue weighted by molar-refractivity contribution is -0.385. The van der Waals surface area contributed by atoms with E-state index in [1.807, 2.05) is 6.92 Å². The number of thioether (sulfide) groups is 1. The molecule has 0 atom stereocenters. The molecular formula is C11H16N6O2S. The lowest BCUT2D eigenvalue weighted by Gasteiger charge is -2.07. The molecule has 0 amide bonds. The zero-order chi connectivity index (χ0) is 14.5. The molecule has 2 heterocycles. The third-order valence-corrected chi connectivity index (χ3v) is 3.67. The molecular weight excluding hydrogens is 280 g/mol. The topological polar surface area (TPSA) is 91.7 Å². The second kappa shape index (κ2) is 6.51. The van der Waals surface area contributed by atoms with Crippen molar-refractivity contribution in [2.75, 3.05) is 0 Å². The number of aryl methyl sites for hydroxylation is 1. The van der Waals surface area contributed by atoms with E-state index in [4.69, 9.17) is 0 Å². The standard InChI is InChI=1S/C11H16N6O2S/c1-3-5-16-10(4-2)13-14-11(16)20-8-15-7-9(6-12-15)17(18)19/h6-7H,3-5,8H2,1-2H3. The van der Waals surface area contributed by atoms with Gasteiger partial charge >= 0.3 is 5.69 Å². The maximum Gasteiger partial charge on any atom is 0.307 e. The summed E-state index contributed by atoms with van der Waals surface area (Å²) < 4.78 is 3.61. The molecule has 0 saturated carbocycles. The maximum atomic E-state index is 10.6. The molecule has 8 nitrogen and oxygen atoms in total. The predicted molar refractivity (Wildman–Crippen MR) is 74.4 cm³/mol. The van der Waals surface area contributed by atoms with E-state index < -0.39 is 4.92 Å². The molecule has 9 heteroatoms. The van der Waals surface area contributed by atoms with Gasteiger partial charge in [0.25, 0.3) is 0 Å². The van der Waals surface area contributed by atoms with Crippen molar-refractivity contribution < 1.29 is 4.92 Å². The average Bonchev–Trinajstić information content (AvgIpc) is 3.03. The minimum absolute atomic E-state index is 0.00475. The van der Waals surface area contributed by atoms with Gasteiger partial charge in [-0.3, -0.25) is 14.8 Å². The van der Waals surface area contributed by atoms with Crippen LogP contribution in [0.1, 0.15) is 26.1 Å². The normalized spacial score (nSPS) is 10.9. The van der Waals surface area contributed by atoms with Gasteiger partial charge in [-0.25, -0.2) is 0 Å². The van der Waals surface area contributed by atoms with Gasteiger partial charge < -0.3 is 4.57 Å². The molecule has 0 aliphatic rings. The van der Waals surface area contributed by atoms with E-state index in [-0.39, 0.29) is 5.69 Å². The average molecular weight is 296 g/mol. The molecule has 0 bridgehead atoms. The molecule has 0 saturated heterocycles. The molecule has 0 N–H and O–H groups in total. The summed E-state index contributed by atoms with van der Waals surface area (Å²) in [7, 11) is 0. The highest BCUT2D eigenvalue weighted by molar-refractivity contribution is 7.98. The van der Waals surface area contributed by atoms with Gasteiger partial charge in [0.2, 0.25) is 0 Å². The molecule has 2 aromatic rings. The van der Waals surface area contributed by atoms with Gasteiger partial charge in [-0.2, -0.15) is 5.10 Å². The highest BCUT2D eigenvalue weighted by Crippen LogP contribution is 2.20. The van der Waals surface area contributed by atoms with Crippen molar-refractivity contribution in [3.05, 3.63) is 28.3 Å². The van der Waals surface area contributed by atoms with Crippen molar-refractivity contribution in [2.24, 2.45) is 0 Å².